The average Bonchev–Trinajstić information content (AvgIpc) is 2.34. The molecule has 0 aromatic heterocycles. The minimum atomic E-state index is -0.740. The number of aliphatic carboxylic acids is 2. The van der Waals surface area contributed by atoms with Crippen LogP contribution in [0.4, 0.5) is 0 Å². The van der Waals surface area contributed by atoms with Gasteiger partial charge >= 0.3 is 11.9 Å². The molecule has 0 saturated carbocycles. The van der Waals surface area contributed by atoms with E-state index in [9.17, 15) is 9.59 Å². The Bertz CT molecular complexity index is 189. The van der Waals surface area contributed by atoms with Crippen molar-refractivity contribution >= 4 is 30.4 Å². The largest absolute Gasteiger partial charge is 0.481 e. The van der Waals surface area contributed by atoms with Crippen LogP contribution in [0.15, 0.2) is 0 Å². The Balaban J connectivity index is -0.000000408. The summed E-state index contributed by atoms with van der Waals surface area (Å²) in [4.78, 5) is 20.3. The van der Waals surface area contributed by atoms with E-state index in [1.54, 1.807) is 0 Å². The van der Waals surface area contributed by atoms with Gasteiger partial charge in [-0.05, 0) is 25.2 Å². The zero-order valence-corrected chi connectivity index (χ0v) is 15.2. The monoisotopic (exact) mass is 326 g/mol. The Kier molecular flexibility index (Phi) is 29.6. The summed E-state index contributed by atoms with van der Waals surface area (Å²) in [6, 6.07) is 0. The lowest BCUT2D eigenvalue weighted by molar-refractivity contribution is -0.138. The Hall–Kier alpha value is -0.200. The highest BCUT2D eigenvalue weighted by Gasteiger charge is 1.98. The normalized spacial score (nSPS) is 8.80. The maximum absolute atomic E-state index is 10.1. The Morgan fingerprint density at radius 2 is 0.900 bits per heavy atom. The summed E-state index contributed by atoms with van der Waals surface area (Å²) in [5.41, 5.74) is 0. The highest BCUT2D eigenvalue weighted by molar-refractivity contribution is 7.16. The minimum Gasteiger partial charge on any atom is -0.481 e. The van der Waals surface area contributed by atoms with Crippen molar-refractivity contribution in [2.75, 3.05) is 12.3 Å². The molecule has 0 aliphatic carbocycles. The Morgan fingerprint density at radius 1 is 0.700 bits per heavy atom. The molecular weight excluding hydrogens is 294 g/mol. The van der Waals surface area contributed by atoms with E-state index in [0.29, 0.717) is 0 Å². The third kappa shape index (κ3) is 43.1. The van der Waals surface area contributed by atoms with Crippen molar-refractivity contribution in [3.05, 3.63) is 0 Å². The maximum Gasteiger partial charge on any atom is 0.303 e. The molecule has 0 amide bonds. The highest BCUT2D eigenvalue weighted by Crippen LogP contribution is 2.08. The quantitative estimate of drug-likeness (QED) is 0.495. The number of hydrogen-bond donors (Lipinski definition) is 2. The number of carboxylic acids is 2. The molecule has 0 fully saturated rings. The molecule has 2 N–H and O–H groups in total. The van der Waals surface area contributed by atoms with Gasteiger partial charge in [0.1, 0.15) is 0 Å². The smallest absolute Gasteiger partial charge is 0.303 e. The van der Waals surface area contributed by atoms with Crippen LogP contribution in [0, 0.1) is 0 Å². The number of hydrogen-bond acceptors (Lipinski definition) is 2. The lowest BCUT2D eigenvalue weighted by atomic mass is 10.1. The molecule has 122 valence electrons. The van der Waals surface area contributed by atoms with Crippen LogP contribution in [-0.2, 0) is 9.59 Å². The Labute approximate surface area is 128 Å². The summed E-state index contributed by atoms with van der Waals surface area (Å²) in [6.45, 7) is 4.18. The minimum absolute atomic E-state index is 0.245. The number of rotatable bonds is 9. The van der Waals surface area contributed by atoms with Gasteiger partial charge in [0.2, 0.25) is 0 Å². The van der Waals surface area contributed by atoms with Gasteiger partial charge < -0.3 is 10.2 Å². The van der Waals surface area contributed by atoms with Gasteiger partial charge in [-0.25, -0.2) is 0 Å². The van der Waals surface area contributed by atoms with E-state index in [1.807, 2.05) is 0 Å². The third-order valence-electron chi connectivity index (χ3n) is 2.03. The van der Waals surface area contributed by atoms with Crippen LogP contribution in [0.5, 0.6) is 0 Å². The molecular formula is C14H32O4P2. The summed E-state index contributed by atoms with van der Waals surface area (Å²) in [5, 5.41) is 16.7. The van der Waals surface area contributed by atoms with Gasteiger partial charge in [0, 0.05) is 12.8 Å². The molecule has 6 heteroatoms. The lowest BCUT2D eigenvalue weighted by Gasteiger charge is -1.98. The molecule has 0 aromatic carbocycles. The van der Waals surface area contributed by atoms with Crippen LogP contribution in [0.2, 0.25) is 0 Å². The lowest BCUT2D eigenvalue weighted by Crippen LogP contribution is -1.94. The molecule has 20 heavy (non-hydrogen) atoms. The highest BCUT2D eigenvalue weighted by atomic mass is 31.0. The maximum atomic E-state index is 10.1. The number of unbranched alkanes of at least 4 members (excludes halogenated alkanes) is 5. The van der Waals surface area contributed by atoms with Gasteiger partial charge in [0.15, 0.2) is 0 Å². The van der Waals surface area contributed by atoms with Gasteiger partial charge in [0.05, 0.1) is 0 Å². The first-order valence-electron chi connectivity index (χ1n) is 7.29. The fraction of sp³-hybridized carbons (Fsp3) is 0.857. The summed E-state index contributed by atoms with van der Waals surface area (Å²) < 4.78 is 0. The van der Waals surface area contributed by atoms with Crippen molar-refractivity contribution in [1.82, 2.24) is 0 Å². The Morgan fingerprint density at radius 3 is 1.10 bits per heavy atom. The standard InChI is InChI=1S/C10H18O4.2C2H7P/c11-9(12)7-5-3-1-2-4-6-8-10(13)14;2*1-2-3/h1-8H2,(H,11,12)(H,13,14);2*2-3H2,1H3. The number of carboxylic acid groups (broad SMARTS) is 2. The van der Waals surface area contributed by atoms with Crippen LogP contribution >= 0.6 is 18.5 Å². The van der Waals surface area contributed by atoms with Gasteiger partial charge in [-0.2, -0.15) is 0 Å². The van der Waals surface area contributed by atoms with E-state index in [0.717, 1.165) is 38.5 Å². The number of carbonyl (C=O) groups is 2. The van der Waals surface area contributed by atoms with Crippen molar-refractivity contribution in [2.45, 2.75) is 65.2 Å². The van der Waals surface area contributed by atoms with Crippen LogP contribution in [-0.4, -0.2) is 34.5 Å². The first kappa shape index (κ1) is 24.8. The fourth-order valence-electron chi connectivity index (χ4n) is 1.26. The van der Waals surface area contributed by atoms with E-state index < -0.39 is 11.9 Å². The average molecular weight is 326 g/mol. The molecule has 0 spiro atoms. The van der Waals surface area contributed by atoms with Crippen LogP contribution < -0.4 is 0 Å². The second-order valence-corrected chi connectivity index (χ2v) is 5.86. The molecule has 2 atom stereocenters. The summed E-state index contributed by atoms with van der Waals surface area (Å²) in [6.07, 6.45) is 8.16. The van der Waals surface area contributed by atoms with E-state index in [2.05, 4.69) is 32.3 Å². The molecule has 0 aliphatic rings. The van der Waals surface area contributed by atoms with Gasteiger partial charge in [-0.1, -0.05) is 39.5 Å². The first-order chi connectivity index (χ1) is 9.45. The molecule has 0 aliphatic heterocycles. The van der Waals surface area contributed by atoms with E-state index in [4.69, 9.17) is 10.2 Å². The zero-order valence-electron chi connectivity index (χ0n) is 12.9. The van der Waals surface area contributed by atoms with Crippen molar-refractivity contribution in [2.24, 2.45) is 0 Å². The topological polar surface area (TPSA) is 74.6 Å². The fourth-order valence-corrected chi connectivity index (χ4v) is 1.26. The first-order valence-corrected chi connectivity index (χ1v) is 8.93. The molecule has 0 rings (SSSR count). The summed E-state index contributed by atoms with van der Waals surface area (Å²) >= 11 is 0. The summed E-state index contributed by atoms with van der Waals surface area (Å²) in [5.74, 6) is -1.48. The second-order valence-electron chi connectivity index (χ2n) is 4.23. The van der Waals surface area contributed by atoms with Crippen LogP contribution in [0.25, 0.3) is 0 Å². The van der Waals surface area contributed by atoms with Crippen molar-refractivity contribution in [3.63, 3.8) is 0 Å². The van der Waals surface area contributed by atoms with Crippen molar-refractivity contribution < 1.29 is 19.8 Å². The van der Waals surface area contributed by atoms with E-state index >= 15 is 0 Å². The van der Waals surface area contributed by atoms with Crippen molar-refractivity contribution in [3.8, 4) is 0 Å². The van der Waals surface area contributed by atoms with Gasteiger partial charge in [0.25, 0.3) is 0 Å². The molecule has 0 saturated heterocycles. The molecule has 0 bridgehead atoms. The molecule has 0 heterocycles. The van der Waals surface area contributed by atoms with Crippen molar-refractivity contribution in [1.29, 1.82) is 0 Å². The zero-order chi connectivity index (χ0) is 16.2. The van der Waals surface area contributed by atoms with Gasteiger partial charge in [-0.3, -0.25) is 9.59 Å². The van der Waals surface area contributed by atoms with Gasteiger partial charge in [-0.15, -0.1) is 18.5 Å². The third-order valence-corrected chi connectivity index (χ3v) is 2.03. The van der Waals surface area contributed by atoms with E-state index in [1.165, 1.54) is 12.3 Å². The molecule has 0 radical (unpaired) electrons. The molecule has 0 aromatic rings. The SMILES string of the molecule is CCP.CCP.O=C(O)CCCCCCCCC(=O)O. The van der Waals surface area contributed by atoms with Crippen LogP contribution in [0.1, 0.15) is 65.2 Å². The predicted molar refractivity (Wildman–Crippen MR) is 92.7 cm³/mol. The second kappa shape index (κ2) is 23.9. The van der Waals surface area contributed by atoms with E-state index in [-0.39, 0.29) is 12.8 Å². The van der Waals surface area contributed by atoms with Crippen LogP contribution in [0.3, 0.4) is 0 Å². The summed E-state index contributed by atoms with van der Waals surface area (Å²) in [7, 11) is 5.16. The predicted octanol–water partition coefficient (Wildman–Crippen LogP) is 4.04. The molecule has 4 nitrogen and oxygen atoms in total. The molecule has 2 unspecified atom stereocenters.